The Balaban J connectivity index is 3.33. The summed E-state index contributed by atoms with van der Waals surface area (Å²) in [6.45, 7) is 8.88. The van der Waals surface area contributed by atoms with E-state index in [-0.39, 0.29) is 5.91 Å². The zero-order valence-electron chi connectivity index (χ0n) is 10.5. The number of carbonyl (C=O) groups excluding carboxylic acids is 1. The molecule has 0 atom stereocenters. The van der Waals surface area contributed by atoms with Crippen LogP contribution in [0, 0.1) is 0 Å². The van der Waals surface area contributed by atoms with Crippen LogP contribution in [0.1, 0.15) is 20.3 Å². The summed E-state index contributed by atoms with van der Waals surface area (Å²) >= 11 is 1.69. The molecule has 4 nitrogen and oxygen atoms in total. The lowest BCUT2D eigenvalue weighted by Gasteiger charge is -2.17. The average molecular weight is 247 g/mol. The van der Waals surface area contributed by atoms with E-state index in [1.165, 1.54) is 0 Å². The first-order valence-corrected chi connectivity index (χ1v) is 7.16. The highest BCUT2D eigenvalue weighted by atomic mass is 32.2. The van der Waals surface area contributed by atoms with Gasteiger partial charge in [-0.25, -0.2) is 0 Å². The van der Waals surface area contributed by atoms with Gasteiger partial charge in [-0.1, -0.05) is 13.8 Å². The van der Waals surface area contributed by atoms with Gasteiger partial charge in [0, 0.05) is 18.8 Å². The van der Waals surface area contributed by atoms with Gasteiger partial charge >= 0.3 is 0 Å². The molecule has 0 aromatic carbocycles. The fraction of sp³-hybridized carbons (Fsp3) is 0.909. The van der Waals surface area contributed by atoms with Crippen LogP contribution >= 0.6 is 11.8 Å². The van der Waals surface area contributed by atoms with Crippen LogP contribution in [0.2, 0.25) is 0 Å². The van der Waals surface area contributed by atoms with Crippen LogP contribution in [0.4, 0.5) is 0 Å². The van der Waals surface area contributed by atoms with E-state index in [9.17, 15) is 4.79 Å². The van der Waals surface area contributed by atoms with Gasteiger partial charge in [0.2, 0.25) is 5.91 Å². The first kappa shape index (κ1) is 15.7. The molecule has 0 heterocycles. The van der Waals surface area contributed by atoms with E-state index in [4.69, 9.17) is 5.73 Å². The van der Waals surface area contributed by atoms with E-state index in [2.05, 4.69) is 24.1 Å². The van der Waals surface area contributed by atoms with E-state index in [0.29, 0.717) is 18.8 Å². The van der Waals surface area contributed by atoms with Crippen molar-refractivity contribution >= 4 is 17.7 Å². The van der Waals surface area contributed by atoms with Crippen molar-refractivity contribution in [3.05, 3.63) is 0 Å². The minimum absolute atomic E-state index is 0.123. The zero-order valence-corrected chi connectivity index (χ0v) is 11.3. The smallest absolute Gasteiger partial charge is 0.229 e. The third-order valence-corrected chi connectivity index (χ3v) is 3.32. The lowest BCUT2D eigenvalue weighted by molar-refractivity contribution is -0.118. The first-order valence-electron chi connectivity index (χ1n) is 6.01. The molecular formula is C11H25N3OS. The maximum absolute atomic E-state index is 11.3. The molecule has 0 bridgehead atoms. The molecule has 0 aliphatic heterocycles. The number of hydrogen-bond donors (Lipinski definition) is 2. The molecule has 0 aromatic rings. The molecule has 0 aliphatic rings. The van der Waals surface area contributed by atoms with Crippen LogP contribution in [0.25, 0.3) is 0 Å². The standard InChI is InChI=1S/C11H25N3OS/c1-3-14(4-2)8-9-16-10-11(15)13-7-5-6-12/h3-10,12H2,1-2H3,(H,13,15). The Hall–Kier alpha value is -0.260. The number of carbonyl (C=O) groups is 1. The number of rotatable bonds is 10. The van der Waals surface area contributed by atoms with Crippen molar-refractivity contribution in [2.24, 2.45) is 5.73 Å². The second-order valence-corrected chi connectivity index (χ2v) is 4.68. The van der Waals surface area contributed by atoms with E-state index in [1.54, 1.807) is 11.8 Å². The molecule has 0 saturated carbocycles. The second-order valence-electron chi connectivity index (χ2n) is 3.57. The maximum Gasteiger partial charge on any atom is 0.229 e. The fourth-order valence-corrected chi connectivity index (χ4v) is 2.10. The topological polar surface area (TPSA) is 58.4 Å². The van der Waals surface area contributed by atoms with E-state index in [0.717, 1.165) is 31.8 Å². The van der Waals surface area contributed by atoms with Gasteiger partial charge in [-0.3, -0.25) is 4.79 Å². The van der Waals surface area contributed by atoms with Gasteiger partial charge in [0.1, 0.15) is 0 Å². The molecule has 16 heavy (non-hydrogen) atoms. The van der Waals surface area contributed by atoms with Crippen molar-refractivity contribution in [3.63, 3.8) is 0 Å². The molecule has 0 aromatic heterocycles. The molecule has 3 N–H and O–H groups in total. The Morgan fingerprint density at radius 2 is 2.06 bits per heavy atom. The summed E-state index contributed by atoms with van der Waals surface area (Å²) < 4.78 is 0. The highest BCUT2D eigenvalue weighted by molar-refractivity contribution is 7.99. The minimum Gasteiger partial charge on any atom is -0.355 e. The molecule has 0 saturated heterocycles. The SMILES string of the molecule is CCN(CC)CCSCC(=O)NCCCN. The highest BCUT2D eigenvalue weighted by Gasteiger charge is 2.02. The Morgan fingerprint density at radius 1 is 1.38 bits per heavy atom. The zero-order chi connectivity index (χ0) is 12.2. The molecule has 0 rings (SSSR count). The summed E-state index contributed by atoms with van der Waals surface area (Å²) in [5, 5.41) is 2.85. The Bertz CT molecular complexity index is 175. The van der Waals surface area contributed by atoms with Gasteiger partial charge in [-0.2, -0.15) is 11.8 Å². The number of nitrogens with two attached hydrogens (primary N) is 1. The van der Waals surface area contributed by atoms with Crippen LogP contribution in [0.15, 0.2) is 0 Å². The molecule has 0 fully saturated rings. The summed E-state index contributed by atoms with van der Waals surface area (Å²) in [6.07, 6.45) is 0.857. The van der Waals surface area contributed by atoms with Gasteiger partial charge in [0.15, 0.2) is 0 Å². The van der Waals surface area contributed by atoms with Crippen LogP contribution in [-0.2, 0) is 4.79 Å². The van der Waals surface area contributed by atoms with Crippen LogP contribution in [-0.4, -0.2) is 55.0 Å². The van der Waals surface area contributed by atoms with Gasteiger partial charge < -0.3 is 16.0 Å². The Kier molecular flexibility index (Phi) is 11.0. The van der Waals surface area contributed by atoms with Crippen LogP contribution < -0.4 is 11.1 Å². The first-order chi connectivity index (χ1) is 7.74. The van der Waals surface area contributed by atoms with Gasteiger partial charge in [-0.15, -0.1) is 0 Å². The predicted octanol–water partition coefficient (Wildman–Crippen LogP) is 0.526. The van der Waals surface area contributed by atoms with Crippen molar-refractivity contribution in [2.45, 2.75) is 20.3 Å². The van der Waals surface area contributed by atoms with Gasteiger partial charge in [0.25, 0.3) is 0 Å². The summed E-state index contributed by atoms with van der Waals surface area (Å²) in [5.74, 6) is 1.70. The number of thioether (sulfide) groups is 1. The van der Waals surface area contributed by atoms with Gasteiger partial charge in [-0.05, 0) is 26.1 Å². The van der Waals surface area contributed by atoms with E-state index < -0.39 is 0 Å². The average Bonchev–Trinajstić information content (AvgIpc) is 2.30. The Morgan fingerprint density at radius 3 is 2.62 bits per heavy atom. The third-order valence-electron chi connectivity index (χ3n) is 2.38. The van der Waals surface area contributed by atoms with E-state index >= 15 is 0 Å². The fourth-order valence-electron chi connectivity index (χ4n) is 1.28. The lowest BCUT2D eigenvalue weighted by atomic mass is 10.4. The van der Waals surface area contributed by atoms with Crippen molar-refractivity contribution in [1.82, 2.24) is 10.2 Å². The van der Waals surface area contributed by atoms with Crippen molar-refractivity contribution in [3.8, 4) is 0 Å². The minimum atomic E-state index is 0.123. The molecule has 96 valence electrons. The highest BCUT2D eigenvalue weighted by Crippen LogP contribution is 2.00. The summed E-state index contributed by atoms with van der Waals surface area (Å²) in [6, 6.07) is 0. The number of nitrogens with zero attached hydrogens (tertiary/aromatic N) is 1. The summed E-state index contributed by atoms with van der Waals surface area (Å²) in [4.78, 5) is 13.7. The third kappa shape index (κ3) is 9.00. The van der Waals surface area contributed by atoms with Crippen LogP contribution in [0.3, 0.4) is 0 Å². The van der Waals surface area contributed by atoms with Crippen molar-refractivity contribution in [1.29, 1.82) is 0 Å². The Labute approximate surface area is 103 Å². The summed E-state index contributed by atoms with van der Waals surface area (Å²) in [7, 11) is 0. The monoisotopic (exact) mass is 247 g/mol. The predicted molar refractivity (Wildman–Crippen MR) is 71.8 cm³/mol. The lowest BCUT2D eigenvalue weighted by Crippen LogP contribution is -2.29. The van der Waals surface area contributed by atoms with E-state index in [1.807, 2.05) is 0 Å². The maximum atomic E-state index is 11.3. The van der Waals surface area contributed by atoms with Crippen molar-refractivity contribution in [2.75, 3.05) is 44.2 Å². The number of amides is 1. The quantitative estimate of drug-likeness (QED) is 0.553. The molecule has 1 amide bonds. The van der Waals surface area contributed by atoms with Crippen LogP contribution in [0.5, 0.6) is 0 Å². The normalized spacial score (nSPS) is 10.8. The molecule has 0 radical (unpaired) electrons. The molecule has 0 spiro atoms. The number of hydrogen-bond acceptors (Lipinski definition) is 4. The summed E-state index contributed by atoms with van der Waals surface area (Å²) in [5.41, 5.74) is 5.34. The molecule has 5 heteroatoms. The second kappa shape index (κ2) is 11.2. The largest absolute Gasteiger partial charge is 0.355 e. The molecule has 0 unspecified atom stereocenters. The molecule has 0 aliphatic carbocycles. The van der Waals surface area contributed by atoms with Gasteiger partial charge in [0.05, 0.1) is 5.75 Å². The number of nitrogens with one attached hydrogen (secondary N) is 1. The molecular weight excluding hydrogens is 222 g/mol. The van der Waals surface area contributed by atoms with Crippen molar-refractivity contribution < 1.29 is 4.79 Å².